The molecule has 0 spiro atoms. The van der Waals surface area contributed by atoms with Crippen molar-refractivity contribution in [1.29, 1.82) is 0 Å². The highest BCUT2D eigenvalue weighted by molar-refractivity contribution is 5.77. The fraction of sp³-hybridized carbons (Fsp3) is 0.519. The second kappa shape index (κ2) is 13.0. The molecule has 2 aromatic carbocycles. The zero-order chi connectivity index (χ0) is 30.5. The predicted molar refractivity (Wildman–Crippen MR) is 140 cm³/mol. The van der Waals surface area contributed by atoms with Crippen molar-refractivity contribution in [3.8, 4) is 5.75 Å². The second-order valence-corrected chi connectivity index (χ2v) is 10.3. The molecule has 2 N–H and O–H groups in total. The number of nitro groups is 1. The Morgan fingerprint density at radius 1 is 0.881 bits per heavy atom. The summed E-state index contributed by atoms with van der Waals surface area (Å²) in [7, 11) is 0. The SMILES string of the molecule is O=C(COC1CCC(Nc2ccc([N+](=O)[O-])c(C(F)(F)F)c2)CC1)N1CCC(Nc2ccc(OC(F)(F)F)cc2)CC1. The van der Waals surface area contributed by atoms with Crippen molar-refractivity contribution in [3.63, 3.8) is 0 Å². The van der Waals surface area contributed by atoms with E-state index in [4.69, 9.17) is 4.74 Å². The van der Waals surface area contributed by atoms with Gasteiger partial charge in [0, 0.05) is 42.6 Å². The Labute approximate surface area is 237 Å². The topological polar surface area (TPSA) is 106 Å². The summed E-state index contributed by atoms with van der Waals surface area (Å²) in [6.07, 6.45) is -6.07. The van der Waals surface area contributed by atoms with Gasteiger partial charge in [-0.2, -0.15) is 13.2 Å². The predicted octanol–water partition coefficient (Wildman–Crippen LogP) is 6.36. The maximum Gasteiger partial charge on any atom is 0.573 e. The van der Waals surface area contributed by atoms with Crippen LogP contribution in [0, 0.1) is 10.1 Å². The Kier molecular flexibility index (Phi) is 9.69. The monoisotopic (exact) mass is 604 g/mol. The number of nitrogens with one attached hydrogen (secondary N) is 2. The summed E-state index contributed by atoms with van der Waals surface area (Å²) in [4.78, 5) is 24.3. The van der Waals surface area contributed by atoms with E-state index in [2.05, 4.69) is 15.4 Å². The molecular formula is C27H30F6N4O5. The van der Waals surface area contributed by atoms with Crippen molar-refractivity contribution in [2.45, 2.75) is 69.3 Å². The van der Waals surface area contributed by atoms with Gasteiger partial charge >= 0.3 is 12.5 Å². The maximum atomic E-state index is 13.2. The zero-order valence-corrected chi connectivity index (χ0v) is 22.3. The number of hydrogen-bond acceptors (Lipinski definition) is 7. The molecule has 1 saturated heterocycles. The van der Waals surface area contributed by atoms with Crippen molar-refractivity contribution in [2.24, 2.45) is 0 Å². The van der Waals surface area contributed by atoms with Crippen LogP contribution in [0.2, 0.25) is 0 Å². The molecule has 42 heavy (non-hydrogen) atoms. The lowest BCUT2D eigenvalue weighted by molar-refractivity contribution is -0.388. The van der Waals surface area contributed by atoms with E-state index in [1.54, 1.807) is 4.90 Å². The lowest BCUT2D eigenvalue weighted by Crippen LogP contribution is -2.44. The number of benzene rings is 2. The zero-order valence-electron chi connectivity index (χ0n) is 22.3. The first-order valence-electron chi connectivity index (χ1n) is 13.4. The number of nitro benzene ring substituents is 1. The minimum absolute atomic E-state index is 0.0510. The molecule has 0 atom stereocenters. The number of halogens is 6. The number of anilines is 2. The molecule has 2 aliphatic rings. The third-order valence-corrected chi connectivity index (χ3v) is 7.29. The number of nitrogens with zero attached hydrogens (tertiary/aromatic N) is 2. The summed E-state index contributed by atoms with van der Waals surface area (Å²) < 4.78 is 86.4. The molecule has 0 radical (unpaired) electrons. The van der Waals surface area contributed by atoms with Gasteiger partial charge in [0.15, 0.2) is 0 Å². The molecule has 0 bridgehead atoms. The normalized spacial score (nSPS) is 20.2. The Hall–Kier alpha value is -3.75. The van der Waals surface area contributed by atoms with Gasteiger partial charge in [0.2, 0.25) is 5.91 Å². The molecule has 4 rings (SSSR count). The Bertz CT molecular complexity index is 1230. The molecule has 1 aliphatic carbocycles. The summed E-state index contributed by atoms with van der Waals surface area (Å²) in [5.41, 5.74) is -1.50. The molecule has 9 nitrogen and oxygen atoms in total. The highest BCUT2D eigenvalue weighted by atomic mass is 19.4. The first kappa shape index (κ1) is 31.2. The summed E-state index contributed by atoms with van der Waals surface area (Å²) >= 11 is 0. The first-order chi connectivity index (χ1) is 19.8. The van der Waals surface area contributed by atoms with E-state index < -0.39 is 28.7 Å². The summed E-state index contributed by atoms with van der Waals surface area (Å²) in [5, 5.41) is 17.2. The number of likely N-dealkylation sites (tertiary alicyclic amines) is 1. The van der Waals surface area contributed by atoms with Crippen molar-refractivity contribution in [1.82, 2.24) is 4.90 Å². The largest absolute Gasteiger partial charge is 0.573 e. The van der Waals surface area contributed by atoms with Gasteiger partial charge in [0.05, 0.1) is 11.0 Å². The minimum Gasteiger partial charge on any atom is -0.406 e. The van der Waals surface area contributed by atoms with Gasteiger partial charge in [-0.05, 0) is 74.9 Å². The molecule has 2 fully saturated rings. The fourth-order valence-corrected chi connectivity index (χ4v) is 5.16. The van der Waals surface area contributed by atoms with E-state index in [1.165, 1.54) is 30.3 Å². The van der Waals surface area contributed by atoms with Crippen LogP contribution in [0.25, 0.3) is 0 Å². The summed E-state index contributed by atoms with van der Waals surface area (Å²) in [6.45, 7) is 0.917. The van der Waals surface area contributed by atoms with Crippen LogP contribution >= 0.6 is 0 Å². The molecule has 230 valence electrons. The quantitative estimate of drug-likeness (QED) is 0.195. The smallest absolute Gasteiger partial charge is 0.406 e. The maximum absolute atomic E-state index is 13.2. The Morgan fingerprint density at radius 2 is 1.45 bits per heavy atom. The van der Waals surface area contributed by atoms with E-state index in [-0.39, 0.29) is 42.1 Å². The minimum atomic E-state index is -4.85. The fourth-order valence-electron chi connectivity index (χ4n) is 5.16. The van der Waals surface area contributed by atoms with Crippen molar-refractivity contribution >= 4 is 23.0 Å². The van der Waals surface area contributed by atoms with E-state index in [9.17, 15) is 41.3 Å². The van der Waals surface area contributed by atoms with E-state index in [1.807, 2.05) is 0 Å². The van der Waals surface area contributed by atoms with Gasteiger partial charge in [-0.3, -0.25) is 14.9 Å². The lowest BCUT2D eigenvalue weighted by Gasteiger charge is -2.34. The van der Waals surface area contributed by atoms with Crippen LogP contribution in [-0.2, 0) is 15.7 Å². The number of carbonyl (C=O) groups is 1. The van der Waals surface area contributed by atoms with Gasteiger partial charge in [-0.1, -0.05) is 0 Å². The Morgan fingerprint density at radius 3 is 2.02 bits per heavy atom. The van der Waals surface area contributed by atoms with E-state index in [0.717, 1.165) is 12.1 Å². The van der Waals surface area contributed by atoms with Crippen LogP contribution in [0.15, 0.2) is 42.5 Å². The van der Waals surface area contributed by atoms with Gasteiger partial charge in [-0.25, -0.2) is 0 Å². The summed E-state index contributed by atoms with van der Waals surface area (Å²) in [6, 6.07) is 8.24. The average Bonchev–Trinajstić information content (AvgIpc) is 2.92. The van der Waals surface area contributed by atoms with Gasteiger partial charge in [0.1, 0.15) is 17.9 Å². The van der Waals surface area contributed by atoms with Crippen LogP contribution in [0.4, 0.5) is 43.4 Å². The molecule has 1 aliphatic heterocycles. The molecule has 0 unspecified atom stereocenters. The number of hydrogen-bond donors (Lipinski definition) is 2. The molecular weight excluding hydrogens is 574 g/mol. The molecule has 1 heterocycles. The number of carbonyl (C=O) groups excluding carboxylic acids is 1. The molecule has 15 heteroatoms. The number of alkyl halides is 6. The van der Waals surface area contributed by atoms with Gasteiger partial charge in [-0.15, -0.1) is 13.2 Å². The standard InChI is InChI=1S/C27H30F6N4O5/c28-26(29,30)23-15-20(5-10-24(23)37(39)40)35-18-1-6-21(7-2-18)41-16-25(38)36-13-11-19(12-14-36)34-17-3-8-22(9-4-17)42-27(31,32)33/h3-5,8-10,15,18-19,21,34-35H,1-2,6-7,11-14,16H2. The van der Waals surface area contributed by atoms with Crippen LogP contribution in [-0.4, -0.2) is 60.0 Å². The first-order valence-corrected chi connectivity index (χ1v) is 13.4. The highest BCUT2D eigenvalue weighted by Crippen LogP contribution is 2.38. The van der Waals surface area contributed by atoms with Crippen LogP contribution in [0.1, 0.15) is 44.1 Å². The third kappa shape index (κ3) is 8.87. The number of piperidine rings is 1. The molecule has 0 aromatic heterocycles. The van der Waals surface area contributed by atoms with Crippen molar-refractivity contribution < 1.29 is 45.5 Å². The summed E-state index contributed by atoms with van der Waals surface area (Å²) in [5.74, 6) is -0.449. The van der Waals surface area contributed by atoms with Gasteiger partial charge < -0.3 is 25.0 Å². The molecule has 1 amide bonds. The molecule has 2 aromatic rings. The highest BCUT2D eigenvalue weighted by Gasteiger charge is 2.38. The average molecular weight is 605 g/mol. The van der Waals surface area contributed by atoms with Gasteiger partial charge in [0.25, 0.3) is 5.69 Å². The van der Waals surface area contributed by atoms with E-state index in [0.29, 0.717) is 57.3 Å². The third-order valence-electron chi connectivity index (χ3n) is 7.29. The lowest BCUT2D eigenvalue weighted by atomic mass is 9.92. The number of ether oxygens (including phenoxy) is 2. The Balaban J connectivity index is 1.16. The van der Waals surface area contributed by atoms with Crippen LogP contribution < -0.4 is 15.4 Å². The van der Waals surface area contributed by atoms with E-state index >= 15 is 0 Å². The van der Waals surface area contributed by atoms with Crippen molar-refractivity contribution in [2.75, 3.05) is 30.3 Å². The van der Waals surface area contributed by atoms with Crippen molar-refractivity contribution in [3.05, 3.63) is 58.1 Å². The number of rotatable bonds is 9. The number of amides is 1. The van der Waals surface area contributed by atoms with Crippen LogP contribution in [0.3, 0.4) is 0 Å². The van der Waals surface area contributed by atoms with Crippen LogP contribution in [0.5, 0.6) is 5.75 Å². The second-order valence-electron chi connectivity index (χ2n) is 10.3. The molecule has 1 saturated carbocycles.